The first kappa shape index (κ1) is 13.5. The molecule has 0 amide bonds. The van der Waals surface area contributed by atoms with Crippen LogP contribution in [-0.2, 0) is 0 Å². The summed E-state index contributed by atoms with van der Waals surface area (Å²) in [6.07, 6.45) is 1.17. The topological polar surface area (TPSA) is 32.5 Å². The zero-order valence-corrected chi connectivity index (χ0v) is 12.0. The molecule has 100 valence electrons. The lowest BCUT2D eigenvalue weighted by Gasteiger charge is -2.26. The molecule has 1 fully saturated rings. The highest BCUT2D eigenvalue weighted by Crippen LogP contribution is 2.30. The van der Waals surface area contributed by atoms with Crippen molar-refractivity contribution in [2.45, 2.75) is 26.3 Å². The molecule has 18 heavy (non-hydrogen) atoms. The third kappa shape index (κ3) is 2.90. The van der Waals surface area contributed by atoms with Gasteiger partial charge in [0.15, 0.2) is 0 Å². The fourth-order valence-corrected chi connectivity index (χ4v) is 2.67. The number of anilines is 2. The average Bonchev–Trinajstić information content (AvgIpc) is 2.58. The molecule has 1 saturated heterocycles. The van der Waals surface area contributed by atoms with Crippen LogP contribution in [0.4, 0.5) is 11.4 Å². The number of nitrogens with zero attached hydrogens (tertiary/aromatic N) is 2. The van der Waals surface area contributed by atoms with Gasteiger partial charge >= 0.3 is 0 Å². The van der Waals surface area contributed by atoms with E-state index in [4.69, 9.17) is 17.3 Å². The number of hydrogen-bond donors (Lipinski definition) is 1. The quantitative estimate of drug-likeness (QED) is 0.837. The van der Waals surface area contributed by atoms with Gasteiger partial charge in [-0.1, -0.05) is 17.7 Å². The summed E-state index contributed by atoms with van der Waals surface area (Å²) in [7, 11) is 0. The molecule has 0 bridgehead atoms. The molecule has 0 radical (unpaired) electrons. The monoisotopic (exact) mass is 267 g/mol. The summed E-state index contributed by atoms with van der Waals surface area (Å²) in [6.45, 7) is 8.82. The molecule has 0 aliphatic carbocycles. The predicted molar refractivity (Wildman–Crippen MR) is 79.4 cm³/mol. The molecule has 1 aromatic carbocycles. The van der Waals surface area contributed by atoms with Crippen LogP contribution < -0.4 is 10.6 Å². The Morgan fingerprint density at radius 2 is 1.94 bits per heavy atom. The van der Waals surface area contributed by atoms with Crippen LogP contribution in [0.2, 0.25) is 5.02 Å². The Balaban J connectivity index is 2.12. The van der Waals surface area contributed by atoms with Crippen LogP contribution in [0.3, 0.4) is 0 Å². The van der Waals surface area contributed by atoms with Gasteiger partial charge in [0.25, 0.3) is 0 Å². The van der Waals surface area contributed by atoms with Gasteiger partial charge in [-0.25, -0.2) is 0 Å². The predicted octanol–water partition coefficient (Wildman–Crippen LogP) is 2.84. The van der Waals surface area contributed by atoms with E-state index in [1.165, 1.54) is 6.42 Å². The van der Waals surface area contributed by atoms with Gasteiger partial charge in [0.2, 0.25) is 0 Å². The summed E-state index contributed by atoms with van der Waals surface area (Å²) in [6, 6.07) is 6.49. The van der Waals surface area contributed by atoms with Gasteiger partial charge < -0.3 is 10.6 Å². The molecule has 0 atom stereocenters. The van der Waals surface area contributed by atoms with E-state index >= 15 is 0 Å². The van der Waals surface area contributed by atoms with E-state index in [1.807, 2.05) is 12.1 Å². The third-order valence-electron chi connectivity index (χ3n) is 3.63. The number of rotatable bonds is 2. The van der Waals surface area contributed by atoms with Gasteiger partial charge in [0, 0.05) is 32.2 Å². The summed E-state index contributed by atoms with van der Waals surface area (Å²) in [4.78, 5) is 4.87. The number of halogens is 1. The lowest BCUT2D eigenvalue weighted by Crippen LogP contribution is -2.35. The van der Waals surface area contributed by atoms with Crippen LogP contribution in [0, 0.1) is 0 Å². The van der Waals surface area contributed by atoms with Crippen molar-refractivity contribution in [1.82, 2.24) is 4.90 Å². The van der Waals surface area contributed by atoms with Crippen LogP contribution >= 0.6 is 11.6 Å². The highest BCUT2D eigenvalue weighted by atomic mass is 35.5. The van der Waals surface area contributed by atoms with Gasteiger partial charge in [0.1, 0.15) is 0 Å². The van der Waals surface area contributed by atoms with E-state index in [1.54, 1.807) is 0 Å². The minimum atomic E-state index is 0.613. The Morgan fingerprint density at radius 3 is 2.67 bits per heavy atom. The summed E-state index contributed by atoms with van der Waals surface area (Å²) in [5.74, 6) is 0. The van der Waals surface area contributed by atoms with Crippen LogP contribution in [-0.4, -0.2) is 37.1 Å². The van der Waals surface area contributed by atoms with Crippen LogP contribution in [0.5, 0.6) is 0 Å². The van der Waals surface area contributed by atoms with Crippen molar-refractivity contribution in [2.24, 2.45) is 0 Å². The number of benzene rings is 1. The molecule has 4 heteroatoms. The average molecular weight is 268 g/mol. The van der Waals surface area contributed by atoms with Crippen molar-refractivity contribution in [1.29, 1.82) is 0 Å². The largest absolute Gasteiger partial charge is 0.396 e. The molecule has 1 heterocycles. The first-order valence-corrected chi connectivity index (χ1v) is 7.00. The van der Waals surface area contributed by atoms with E-state index in [-0.39, 0.29) is 0 Å². The number of hydrogen-bond acceptors (Lipinski definition) is 3. The molecule has 0 unspecified atom stereocenters. The zero-order valence-electron chi connectivity index (χ0n) is 11.2. The van der Waals surface area contributed by atoms with Crippen molar-refractivity contribution in [3.8, 4) is 0 Å². The first-order valence-electron chi connectivity index (χ1n) is 6.62. The molecule has 2 rings (SSSR count). The van der Waals surface area contributed by atoms with Crippen molar-refractivity contribution >= 4 is 23.0 Å². The number of nitrogens with two attached hydrogens (primary N) is 1. The van der Waals surface area contributed by atoms with Crippen molar-refractivity contribution in [2.75, 3.05) is 36.8 Å². The first-order chi connectivity index (χ1) is 8.59. The van der Waals surface area contributed by atoms with Gasteiger partial charge in [-0.15, -0.1) is 0 Å². The van der Waals surface area contributed by atoms with Gasteiger partial charge in [0.05, 0.1) is 16.4 Å². The summed E-state index contributed by atoms with van der Waals surface area (Å²) in [5, 5.41) is 0.650. The summed E-state index contributed by atoms with van der Waals surface area (Å²) in [5.41, 5.74) is 7.85. The highest BCUT2D eigenvalue weighted by molar-refractivity contribution is 6.33. The van der Waals surface area contributed by atoms with Crippen molar-refractivity contribution < 1.29 is 0 Å². The Morgan fingerprint density at radius 1 is 1.17 bits per heavy atom. The zero-order chi connectivity index (χ0) is 13.1. The van der Waals surface area contributed by atoms with Gasteiger partial charge in [-0.2, -0.15) is 0 Å². The fourth-order valence-electron chi connectivity index (χ4n) is 2.50. The molecule has 0 aromatic heterocycles. The molecule has 2 N–H and O–H groups in total. The maximum Gasteiger partial charge on any atom is 0.0741 e. The maximum absolute atomic E-state index is 6.09. The SMILES string of the molecule is CC(C)N1CCCN(c2cccc(Cl)c2N)CC1. The Hall–Kier alpha value is -0.930. The molecule has 1 aromatic rings. The van der Waals surface area contributed by atoms with Crippen LogP contribution in [0.15, 0.2) is 18.2 Å². The lowest BCUT2D eigenvalue weighted by molar-refractivity contribution is 0.238. The van der Waals surface area contributed by atoms with Crippen molar-refractivity contribution in [3.63, 3.8) is 0 Å². The number of para-hydroxylation sites is 1. The third-order valence-corrected chi connectivity index (χ3v) is 3.96. The van der Waals surface area contributed by atoms with E-state index < -0.39 is 0 Å². The fraction of sp³-hybridized carbons (Fsp3) is 0.571. The second-order valence-corrected chi connectivity index (χ2v) is 5.55. The summed E-state index contributed by atoms with van der Waals surface area (Å²) >= 11 is 6.09. The Kier molecular flexibility index (Phi) is 4.36. The second-order valence-electron chi connectivity index (χ2n) is 5.14. The second kappa shape index (κ2) is 5.81. The minimum absolute atomic E-state index is 0.613. The Labute approximate surface area is 115 Å². The molecule has 1 aliphatic rings. The molecular formula is C14H22ClN3. The molecule has 1 aliphatic heterocycles. The molecule has 0 saturated carbocycles. The van der Waals surface area contributed by atoms with Gasteiger partial charge in [-0.3, -0.25) is 4.90 Å². The summed E-state index contributed by atoms with van der Waals surface area (Å²) < 4.78 is 0. The number of nitrogen functional groups attached to an aromatic ring is 1. The van der Waals surface area contributed by atoms with E-state index in [0.717, 1.165) is 31.9 Å². The van der Waals surface area contributed by atoms with Gasteiger partial charge in [-0.05, 0) is 32.4 Å². The highest BCUT2D eigenvalue weighted by Gasteiger charge is 2.18. The van der Waals surface area contributed by atoms with E-state index in [9.17, 15) is 0 Å². The molecular weight excluding hydrogens is 246 g/mol. The van der Waals surface area contributed by atoms with E-state index in [2.05, 4.69) is 29.7 Å². The van der Waals surface area contributed by atoms with Crippen LogP contribution in [0.1, 0.15) is 20.3 Å². The van der Waals surface area contributed by atoms with Crippen molar-refractivity contribution in [3.05, 3.63) is 23.2 Å². The van der Waals surface area contributed by atoms with Crippen LogP contribution in [0.25, 0.3) is 0 Å². The lowest BCUT2D eigenvalue weighted by atomic mass is 10.2. The maximum atomic E-state index is 6.09. The standard InChI is InChI=1S/C14H22ClN3/c1-11(2)17-7-4-8-18(10-9-17)13-6-3-5-12(15)14(13)16/h3,5-6,11H,4,7-10,16H2,1-2H3. The molecule has 3 nitrogen and oxygen atoms in total. The normalized spacial score (nSPS) is 18.1. The van der Waals surface area contributed by atoms with E-state index in [0.29, 0.717) is 16.8 Å². The molecule has 0 spiro atoms. The Bertz CT molecular complexity index is 406. The minimum Gasteiger partial charge on any atom is -0.396 e. The smallest absolute Gasteiger partial charge is 0.0741 e.